The molecular weight excluding hydrogens is 575 g/mol. The topological polar surface area (TPSA) is 113 Å². The first kappa shape index (κ1) is 31.1. The molecule has 0 spiro atoms. The smallest absolute Gasteiger partial charge is 0.417 e. The second kappa shape index (κ2) is 12.2. The number of anilines is 1. The summed E-state index contributed by atoms with van der Waals surface area (Å²) in [4.78, 5) is 42.2. The molecule has 0 saturated heterocycles. The standard InChI is InChI=1S/C30H27F5N4O4/c1-4-9-36-17-13-21(31)25(22(32)14-17)27(40)38-23(29(42)43)12-16-7-8-19(26-18(16)6-5-10-37-26)24-20(30(33,34)35)11-15(2)39(3)28(24)41/h5-8,10-11,13-14,23,36H,4,9,12H2,1-3H3,(H,38,40)(H,42,43)/t23-/m0/s1. The zero-order valence-corrected chi connectivity index (χ0v) is 23.3. The van der Waals surface area contributed by atoms with E-state index in [9.17, 15) is 41.4 Å². The van der Waals surface area contributed by atoms with Crippen molar-refractivity contribution in [3.8, 4) is 11.1 Å². The lowest BCUT2D eigenvalue weighted by atomic mass is 9.93. The minimum Gasteiger partial charge on any atom is -0.480 e. The number of rotatable bonds is 9. The maximum absolute atomic E-state index is 14.7. The van der Waals surface area contributed by atoms with Crippen molar-refractivity contribution in [2.45, 2.75) is 38.9 Å². The molecule has 0 aliphatic heterocycles. The van der Waals surface area contributed by atoms with Crippen LogP contribution in [0.4, 0.5) is 27.6 Å². The summed E-state index contributed by atoms with van der Waals surface area (Å²) in [5, 5.41) is 15.0. The van der Waals surface area contributed by atoms with E-state index >= 15 is 0 Å². The highest BCUT2D eigenvalue weighted by molar-refractivity contribution is 5.99. The third-order valence-electron chi connectivity index (χ3n) is 6.98. The second-order valence-electron chi connectivity index (χ2n) is 9.92. The van der Waals surface area contributed by atoms with Crippen LogP contribution in [-0.4, -0.2) is 39.1 Å². The van der Waals surface area contributed by atoms with Crippen molar-refractivity contribution >= 4 is 28.5 Å². The lowest BCUT2D eigenvalue weighted by Crippen LogP contribution is -2.43. The van der Waals surface area contributed by atoms with E-state index < -0.39 is 64.4 Å². The number of fused-ring (bicyclic) bond motifs is 1. The quantitative estimate of drug-likeness (QED) is 0.220. The third-order valence-corrected chi connectivity index (χ3v) is 6.98. The highest BCUT2D eigenvalue weighted by Crippen LogP contribution is 2.38. The lowest BCUT2D eigenvalue weighted by Gasteiger charge is -2.19. The summed E-state index contributed by atoms with van der Waals surface area (Å²) >= 11 is 0. The Labute approximate surface area is 242 Å². The first-order valence-corrected chi connectivity index (χ1v) is 13.2. The number of hydrogen-bond donors (Lipinski definition) is 3. The van der Waals surface area contributed by atoms with Gasteiger partial charge in [0.25, 0.3) is 11.5 Å². The number of alkyl halides is 3. The van der Waals surface area contributed by atoms with Crippen LogP contribution in [0.1, 0.15) is 40.5 Å². The number of nitrogens with one attached hydrogen (secondary N) is 2. The highest BCUT2D eigenvalue weighted by atomic mass is 19.4. The van der Waals surface area contributed by atoms with Gasteiger partial charge in [0.2, 0.25) is 0 Å². The number of amides is 1. The van der Waals surface area contributed by atoms with E-state index in [-0.39, 0.29) is 33.4 Å². The molecule has 3 N–H and O–H groups in total. The van der Waals surface area contributed by atoms with E-state index in [1.54, 1.807) is 0 Å². The number of aliphatic carboxylic acids is 1. The molecule has 1 amide bonds. The first-order valence-electron chi connectivity index (χ1n) is 13.2. The van der Waals surface area contributed by atoms with Gasteiger partial charge in [-0.1, -0.05) is 25.1 Å². The van der Waals surface area contributed by atoms with Gasteiger partial charge < -0.3 is 20.3 Å². The fourth-order valence-electron chi connectivity index (χ4n) is 4.73. The average Bonchev–Trinajstić information content (AvgIpc) is 2.93. The molecule has 0 aliphatic carbocycles. The number of aromatic nitrogens is 2. The number of carbonyl (C=O) groups excluding carboxylic acids is 1. The minimum absolute atomic E-state index is 0.00539. The summed E-state index contributed by atoms with van der Waals surface area (Å²) in [6, 6.07) is 6.54. The molecule has 0 fully saturated rings. The van der Waals surface area contributed by atoms with Crippen LogP contribution in [0.25, 0.3) is 22.0 Å². The number of carboxylic acids is 1. The van der Waals surface area contributed by atoms with Gasteiger partial charge in [-0.2, -0.15) is 13.2 Å². The van der Waals surface area contributed by atoms with E-state index in [4.69, 9.17) is 0 Å². The van der Waals surface area contributed by atoms with Crippen molar-refractivity contribution in [3.05, 3.63) is 93.0 Å². The van der Waals surface area contributed by atoms with E-state index in [1.807, 2.05) is 6.92 Å². The van der Waals surface area contributed by atoms with Gasteiger partial charge in [0.05, 0.1) is 16.6 Å². The van der Waals surface area contributed by atoms with Gasteiger partial charge in [-0.25, -0.2) is 13.6 Å². The SMILES string of the molecule is CCCNc1cc(F)c(C(=O)N[C@@H](Cc2ccc(-c3c(C(F)(F)F)cc(C)n(C)c3=O)c3ncccc23)C(=O)O)c(F)c1. The van der Waals surface area contributed by atoms with Gasteiger partial charge in [0.15, 0.2) is 0 Å². The number of pyridine rings is 2. The van der Waals surface area contributed by atoms with Crippen LogP contribution < -0.4 is 16.2 Å². The third kappa shape index (κ3) is 6.35. The number of carboxylic acid groups (broad SMARTS) is 1. The van der Waals surface area contributed by atoms with Crippen LogP contribution in [0, 0.1) is 18.6 Å². The molecule has 2 aromatic carbocycles. The zero-order valence-electron chi connectivity index (χ0n) is 23.3. The molecule has 0 unspecified atom stereocenters. The Morgan fingerprint density at radius 1 is 1.09 bits per heavy atom. The molecular formula is C30H27F5N4O4. The Balaban J connectivity index is 1.74. The van der Waals surface area contributed by atoms with E-state index in [1.165, 1.54) is 44.4 Å². The molecule has 226 valence electrons. The van der Waals surface area contributed by atoms with Crippen molar-refractivity contribution in [1.82, 2.24) is 14.9 Å². The molecule has 1 atom stereocenters. The maximum Gasteiger partial charge on any atom is 0.417 e. The van der Waals surface area contributed by atoms with Crippen LogP contribution in [0.5, 0.6) is 0 Å². The van der Waals surface area contributed by atoms with Gasteiger partial charge in [0.1, 0.15) is 23.2 Å². The molecule has 2 heterocycles. The summed E-state index contributed by atoms with van der Waals surface area (Å²) in [5.74, 6) is -5.22. The summed E-state index contributed by atoms with van der Waals surface area (Å²) in [5.41, 5.74) is -3.32. The molecule has 13 heteroatoms. The van der Waals surface area contributed by atoms with Crippen LogP contribution in [-0.2, 0) is 24.4 Å². The fraction of sp³-hybridized carbons (Fsp3) is 0.267. The van der Waals surface area contributed by atoms with Crippen molar-refractivity contribution in [3.63, 3.8) is 0 Å². The monoisotopic (exact) mass is 602 g/mol. The normalized spacial score (nSPS) is 12.3. The first-order chi connectivity index (χ1) is 20.2. The van der Waals surface area contributed by atoms with E-state index in [0.717, 1.165) is 22.8 Å². The summed E-state index contributed by atoms with van der Waals surface area (Å²) in [7, 11) is 1.34. The molecule has 0 saturated carbocycles. The molecule has 4 aromatic rings. The van der Waals surface area contributed by atoms with Crippen molar-refractivity contribution < 1.29 is 36.6 Å². The van der Waals surface area contributed by atoms with E-state index in [0.29, 0.717) is 13.0 Å². The van der Waals surface area contributed by atoms with Gasteiger partial charge in [-0.3, -0.25) is 14.6 Å². The lowest BCUT2D eigenvalue weighted by molar-refractivity contribution is -0.139. The molecule has 0 bridgehead atoms. The summed E-state index contributed by atoms with van der Waals surface area (Å²) < 4.78 is 72.5. The predicted molar refractivity (Wildman–Crippen MR) is 150 cm³/mol. The largest absolute Gasteiger partial charge is 0.480 e. The van der Waals surface area contributed by atoms with Crippen LogP contribution in [0.3, 0.4) is 0 Å². The van der Waals surface area contributed by atoms with Crippen LogP contribution in [0.2, 0.25) is 0 Å². The molecule has 0 radical (unpaired) electrons. The van der Waals surface area contributed by atoms with Gasteiger partial charge in [-0.15, -0.1) is 0 Å². The number of carbonyl (C=O) groups is 2. The van der Waals surface area contributed by atoms with Gasteiger partial charge in [-0.05, 0) is 43.2 Å². The Morgan fingerprint density at radius 3 is 2.37 bits per heavy atom. The second-order valence-corrected chi connectivity index (χ2v) is 9.92. The van der Waals surface area contributed by atoms with Gasteiger partial charge >= 0.3 is 12.1 Å². The van der Waals surface area contributed by atoms with Crippen molar-refractivity contribution in [2.24, 2.45) is 7.05 Å². The molecule has 4 rings (SSSR count). The van der Waals surface area contributed by atoms with Crippen LogP contribution >= 0.6 is 0 Å². The number of nitrogens with zero attached hydrogens (tertiary/aromatic N) is 2. The Morgan fingerprint density at radius 2 is 1.77 bits per heavy atom. The molecule has 8 nitrogen and oxygen atoms in total. The maximum atomic E-state index is 14.7. The van der Waals surface area contributed by atoms with Crippen molar-refractivity contribution in [1.29, 1.82) is 0 Å². The molecule has 43 heavy (non-hydrogen) atoms. The number of hydrogen-bond acceptors (Lipinski definition) is 5. The van der Waals surface area contributed by atoms with Gasteiger partial charge in [0, 0.05) is 48.5 Å². The number of halogens is 5. The van der Waals surface area contributed by atoms with Crippen LogP contribution in [0.15, 0.2) is 53.5 Å². The summed E-state index contributed by atoms with van der Waals surface area (Å²) in [6.07, 6.45) is -3.29. The molecule has 0 aliphatic rings. The minimum atomic E-state index is -4.86. The van der Waals surface area contributed by atoms with Crippen molar-refractivity contribution in [2.75, 3.05) is 11.9 Å². The zero-order chi connectivity index (χ0) is 31.6. The Bertz CT molecular complexity index is 1760. The highest BCUT2D eigenvalue weighted by Gasteiger charge is 2.37. The average molecular weight is 603 g/mol. The summed E-state index contributed by atoms with van der Waals surface area (Å²) in [6.45, 7) is 3.66. The predicted octanol–water partition coefficient (Wildman–Crippen LogP) is 5.45. The fourth-order valence-corrected chi connectivity index (χ4v) is 4.73. The van der Waals surface area contributed by atoms with E-state index in [2.05, 4.69) is 15.6 Å². The Hall–Kier alpha value is -4.81. The Kier molecular flexibility index (Phi) is 8.83. The number of benzene rings is 2. The molecule has 2 aromatic heterocycles. The number of aryl methyl sites for hydroxylation is 1.